The molecule has 1 aromatic rings. The van der Waals surface area contributed by atoms with Gasteiger partial charge in [-0.2, -0.15) is 5.10 Å². The van der Waals surface area contributed by atoms with Crippen LogP contribution in [0.25, 0.3) is 0 Å². The zero-order valence-electron chi connectivity index (χ0n) is 15.9. The van der Waals surface area contributed by atoms with Crippen LogP contribution in [0.1, 0.15) is 71.4 Å². The van der Waals surface area contributed by atoms with Crippen LogP contribution in [0.2, 0.25) is 0 Å². The third-order valence-corrected chi connectivity index (χ3v) is 5.53. The van der Waals surface area contributed by atoms with E-state index in [2.05, 4.69) is 38.1 Å². The summed E-state index contributed by atoms with van der Waals surface area (Å²) in [6.45, 7) is 9.57. The number of aliphatic hydroxyl groups is 1. The quantitative estimate of drug-likeness (QED) is 0.854. The number of nitrogens with zero attached hydrogens (tertiary/aromatic N) is 3. The Morgan fingerprint density at radius 2 is 1.92 bits per heavy atom. The van der Waals surface area contributed by atoms with Crippen molar-refractivity contribution in [2.45, 2.75) is 90.4 Å². The smallest absolute Gasteiger partial charge is 0.322 e. The molecule has 25 heavy (non-hydrogen) atoms. The first-order chi connectivity index (χ1) is 11.9. The summed E-state index contributed by atoms with van der Waals surface area (Å²) >= 11 is 0. The van der Waals surface area contributed by atoms with E-state index in [-0.39, 0.29) is 24.2 Å². The molecule has 2 aliphatic rings. The van der Waals surface area contributed by atoms with Crippen molar-refractivity contribution in [3.63, 3.8) is 0 Å². The van der Waals surface area contributed by atoms with Gasteiger partial charge in [-0.3, -0.25) is 4.68 Å². The van der Waals surface area contributed by atoms with Gasteiger partial charge in [0.25, 0.3) is 0 Å². The molecule has 6 nitrogen and oxygen atoms in total. The summed E-state index contributed by atoms with van der Waals surface area (Å²) in [6, 6.07) is 0.309. The van der Waals surface area contributed by atoms with Crippen LogP contribution in [0.15, 0.2) is 6.20 Å². The molecule has 2 amide bonds. The van der Waals surface area contributed by atoms with Crippen molar-refractivity contribution in [2.24, 2.45) is 5.92 Å². The number of urea groups is 1. The lowest BCUT2D eigenvalue weighted by Gasteiger charge is -2.37. The average Bonchev–Trinajstić information content (AvgIpc) is 3.04. The summed E-state index contributed by atoms with van der Waals surface area (Å²) in [5.41, 5.74) is 1.92. The molecule has 3 heterocycles. The van der Waals surface area contributed by atoms with Crippen molar-refractivity contribution in [3.8, 4) is 0 Å². The average molecular weight is 348 g/mol. The predicted molar refractivity (Wildman–Crippen MR) is 98.7 cm³/mol. The van der Waals surface area contributed by atoms with Crippen LogP contribution >= 0.6 is 0 Å². The van der Waals surface area contributed by atoms with Crippen LogP contribution in [0.5, 0.6) is 0 Å². The molecule has 0 radical (unpaired) electrons. The van der Waals surface area contributed by atoms with Gasteiger partial charge >= 0.3 is 6.03 Å². The number of anilines is 1. The van der Waals surface area contributed by atoms with Gasteiger partial charge in [0.1, 0.15) is 0 Å². The van der Waals surface area contributed by atoms with Gasteiger partial charge in [0.05, 0.1) is 23.7 Å². The number of carbonyl (C=O) groups excluding carboxylic acids is 1. The zero-order chi connectivity index (χ0) is 18.1. The lowest BCUT2D eigenvalue weighted by Crippen LogP contribution is -2.49. The van der Waals surface area contributed by atoms with Gasteiger partial charge in [0.15, 0.2) is 0 Å². The Hall–Kier alpha value is -1.56. The van der Waals surface area contributed by atoms with Crippen LogP contribution in [0, 0.1) is 5.92 Å². The van der Waals surface area contributed by atoms with E-state index in [1.54, 1.807) is 6.20 Å². The second-order valence-electron chi connectivity index (χ2n) is 8.35. The minimum absolute atomic E-state index is 0.0373. The second-order valence-corrected chi connectivity index (χ2v) is 8.35. The maximum Gasteiger partial charge on any atom is 0.322 e. The van der Waals surface area contributed by atoms with E-state index in [1.807, 2.05) is 9.58 Å². The van der Waals surface area contributed by atoms with Crippen molar-refractivity contribution in [3.05, 3.63) is 11.9 Å². The highest BCUT2D eigenvalue weighted by Gasteiger charge is 2.43. The number of piperidine rings is 1. The summed E-state index contributed by atoms with van der Waals surface area (Å²) in [6.07, 6.45) is 6.01. The number of rotatable bonds is 5. The molecule has 0 aromatic carbocycles. The molecule has 2 atom stereocenters. The molecule has 0 aliphatic carbocycles. The number of nitrogens with one attached hydrogen (secondary N) is 1. The van der Waals surface area contributed by atoms with Gasteiger partial charge in [-0.15, -0.1) is 0 Å². The largest absolute Gasteiger partial charge is 0.393 e. The number of aryl methyl sites for hydroxylation is 1. The Kier molecular flexibility index (Phi) is 5.37. The van der Waals surface area contributed by atoms with Gasteiger partial charge in [-0.1, -0.05) is 27.7 Å². The Morgan fingerprint density at radius 1 is 1.28 bits per heavy atom. The van der Waals surface area contributed by atoms with Crippen molar-refractivity contribution in [1.82, 2.24) is 14.7 Å². The normalized spacial score (nSPS) is 25.9. The standard InChI is InChI=1S/C19H32N4O2/c1-12(2)7-8-22-18(13(3)4)17(11-20-22)21-19(25)23-14-5-6-15(23)10-16(24)9-14/h11-16,24H,5-10H2,1-4H3,(H,21,25). The van der Waals surface area contributed by atoms with Gasteiger partial charge in [-0.05, 0) is 43.9 Å². The third-order valence-electron chi connectivity index (χ3n) is 5.53. The van der Waals surface area contributed by atoms with Gasteiger partial charge in [0, 0.05) is 18.6 Å². The molecular weight excluding hydrogens is 316 g/mol. The summed E-state index contributed by atoms with van der Waals surface area (Å²) in [7, 11) is 0. The third kappa shape index (κ3) is 3.84. The summed E-state index contributed by atoms with van der Waals surface area (Å²) in [5.74, 6) is 0.919. The first-order valence-electron chi connectivity index (χ1n) is 9.69. The Labute approximate surface area is 150 Å². The molecule has 2 fully saturated rings. The highest BCUT2D eigenvalue weighted by Crippen LogP contribution is 2.36. The van der Waals surface area contributed by atoms with E-state index in [4.69, 9.17) is 0 Å². The topological polar surface area (TPSA) is 70.4 Å². The van der Waals surface area contributed by atoms with Crippen LogP contribution in [0.3, 0.4) is 0 Å². The lowest BCUT2D eigenvalue weighted by molar-refractivity contribution is 0.0580. The molecule has 140 valence electrons. The molecule has 2 saturated heterocycles. The molecule has 0 saturated carbocycles. The molecule has 3 rings (SSSR count). The predicted octanol–water partition coefficient (Wildman–Crippen LogP) is 3.57. The van der Waals surface area contributed by atoms with Crippen molar-refractivity contribution in [1.29, 1.82) is 0 Å². The molecule has 2 bridgehead atoms. The fourth-order valence-electron chi connectivity index (χ4n) is 4.32. The maximum absolute atomic E-state index is 12.9. The highest BCUT2D eigenvalue weighted by atomic mass is 16.3. The number of aromatic nitrogens is 2. The highest BCUT2D eigenvalue weighted by molar-refractivity contribution is 5.90. The summed E-state index contributed by atoms with van der Waals surface area (Å²) in [4.78, 5) is 14.8. The van der Waals surface area contributed by atoms with Crippen molar-refractivity contribution >= 4 is 11.7 Å². The van der Waals surface area contributed by atoms with E-state index in [9.17, 15) is 9.90 Å². The molecule has 2 aliphatic heterocycles. The van der Waals surface area contributed by atoms with E-state index in [0.29, 0.717) is 24.7 Å². The molecule has 2 N–H and O–H groups in total. The Balaban J connectivity index is 1.73. The van der Waals surface area contributed by atoms with E-state index in [0.717, 1.165) is 37.2 Å². The van der Waals surface area contributed by atoms with Crippen LogP contribution in [0.4, 0.5) is 10.5 Å². The van der Waals surface area contributed by atoms with Gasteiger partial charge in [0.2, 0.25) is 0 Å². The molecule has 6 heteroatoms. The molecule has 1 aromatic heterocycles. The zero-order valence-corrected chi connectivity index (χ0v) is 15.9. The molecular formula is C19H32N4O2. The fourth-order valence-corrected chi connectivity index (χ4v) is 4.32. The number of aliphatic hydroxyl groups excluding tert-OH is 1. The number of fused-ring (bicyclic) bond motifs is 2. The lowest BCUT2D eigenvalue weighted by atomic mass is 10.0. The maximum atomic E-state index is 12.9. The van der Waals surface area contributed by atoms with Gasteiger partial charge < -0.3 is 15.3 Å². The van der Waals surface area contributed by atoms with Crippen LogP contribution in [-0.4, -0.2) is 44.0 Å². The number of carbonyl (C=O) groups is 1. The second kappa shape index (κ2) is 7.36. The fraction of sp³-hybridized carbons (Fsp3) is 0.789. The van der Waals surface area contributed by atoms with Gasteiger partial charge in [-0.25, -0.2) is 4.79 Å². The number of amides is 2. The minimum atomic E-state index is -0.258. The monoisotopic (exact) mass is 348 g/mol. The van der Waals surface area contributed by atoms with E-state index in [1.165, 1.54) is 0 Å². The summed E-state index contributed by atoms with van der Waals surface area (Å²) < 4.78 is 2.04. The molecule has 0 spiro atoms. The van der Waals surface area contributed by atoms with E-state index < -0.39 is 0 Å². The van der Waals surface area contributed by atoms with E-state index >= 15 is 0 Å². The molecule has 2 unspecified atom stereocenters. The Bertz CT molecular complexity index is 597. The first-order valence-corrected chi connectivity index (χ1v) is 9.69. The number of hydrogen-bond acceptors (Lipinski definition) is 3. The van der Waals surface area contributed by atoms with Crippen molar-refractivity contribution in [2.75, 3.05) is 5.32 Å². The van der Waals surface area contributed by atoms with Crippen molar-refractivity contribution < 1.29 is 9.90 Å². The minimum Gasteiger partial charge on any atom is -0.393 e. The van der Waals surface area contributed by atoms with Crippen LogP contribution < -0.4 is 5.32 Å². The van der Waals surface area contributed by atoms with Crippen LogP contribution in [-0.2, 0) is 6.54 Å². The first kappa shape index (κ1) is 18.2. The Morgan fingerprint density at radius 3 is 2.48 bits per heavy atom. The number of hydrogen-bond donors (Lipinski definition) is 2. The summed E-state index contributed by atoms with van der Waals surface area (Å²) in [5, 5.41) is 17.6. The SMILES string of the molecule is CC(C)CCn1ncc(NC(=O)N2C3CCC2CC(O)C3)c1C(C)C.